The van der Waals surface area contributed by atoms with E-state index in [-0.39, 0.29) is 24.6 Å². The molecule has 1 aromatic carbocycles. The minimum absolute atomic E-state index is 0.0458. The number of phenols is 1. The van der Waals surface area contributed by atoms with Crippen LogP contribution in [0, 0.1) is 11.8 Å². The number of ketones is 1. The van der Waals surface area contributed by atoms with Gasteiger partial charge in [0, 0.05) is 27.0 Å². The van der Waals surface area contributed by atoms with Crippen LogP contribution in [0.25, 0.3) is 0 Å². The van der Waals surface area contributed by atoms with Crippen molar-refractivity contribution < 1.29 is 29.0 Å². The molecule has 5 rings (SSSR count). The number of nitrogens with zero attached hydrogens (tertiary/aromatic N) is 1. The largest absolute Gasteiger partial charge is 0.508 e. The third-order valence-electron chi connectivity index (χ3n) is 7.24. The Kier molecular flexibility index (Phi) is 6.95. The Labute approximate surface area is 196 Å². The fraction of sp³-hybridized carbons (Fsp3) is 0.640. The van der Waals surface area contributed by atoms with E-state index in [9.17, 15) is 19.5 Å². The van der Waals surface area contributed by atoms with Crippen molar-refractivity contribution in [3.8, 4) is 5.75 Å². The van der Waals surface area contributed by atoms with Gasteiger partial charge in [0.25, 0.3) is 0 Å². The van der Waals surface area contributed by atoms with Crippen molar-refractivity contribution in [2.45, 2.75) is 56.8 Å². The summed E-state index contributed by atoms with van der Waals surface area (Å²) < 4.78 is 11.3. The zero-order valence-corrected chi connectivity index (χ0v) is 20.8. The molecule has 1 saturated carbocycles. The number of fused-ring (bicyclic) bond motifs is 2. The molecule has 0 aromatic heterocycles. The number of Topliss-reactive ketones (excluding diaryl/α,β-unsaturated/α-hetero) is 1. The van der Waals surface area contributed by atoms with E-state index < -0.39 is 43.7 Å². The van der Waals surface area contributed by atoms with Crippen LogP contribution in [0.4, 0.5) is 0 Å². The molecule has 7 nitrogen and oxygen atoms in total. The molecule has 1 N–H and O–H groups in total. The Bertz CT molecular complexity index is 920. The molecular formula is C25H35NO6Si. The molecule has 4 aliphatic rings. The lowest BCUT2D eigenvalue weighted by molar-refractivity contribution is -0.167. The van der Waals surface area contributed by atoms with Crippen LogP contribution in [0.2, 0.25) is 25.7 Å². The molecule has 1 saturated heterocycles. The first-order chi connectivity index (χ1) is 15.7. The summed E-state index contributed by atoms with van der Waals surface area (Å²) >= 11 is 0. The maximum atomic E-state index is 13.3. The third kappa shape index (κ3) is 5.16. The predicted molar refractivity (Wildman–Crippen MR) is 126 cm³/mol. The molecule has 8 heteroatoms. The molecule has 1 aliphatic heterocycles. The van der Waals surface area contributed by atoms with Crippen molar-refractivity contribution in [1.29, 1.82) is 0 Å². The molecule has 4 atom stereocenters. The first-order valence-electron chi connectivity index (χ1n) is 12.1. The summed E-state index contributed by atoms with van der Waals surface area (Å²) in [6, 6.07) is 5.74. The van der Waals surface area contributed by atoms with Crippen molar-refractivity contribution >= 4 is 25.8 Å². The molecule has 0 spiro atoms. The number of likely N-dealkylation sites (tertiary alicyclic amines) is 1. The number of benzene rings is 1. The summed E-state index contributed by atoms with van der Waals surface area (Å²) in [7, 11) is -1.39. The van der Waals surface area contributed by atoms with E-state index in [4.69, 9.17) is 9.47 Å². The summed E-state index contributed by atoms with van der Waals surface area (Å²) in [5.74, 6) is -3.85. The number of phenolic OH excluding ortho intramolecular Hbond substituents is 1. The minimum atomic E-state index is -1.39. The second-order valence-electron chi connectivity index (χ2n) is 10.8. The van der Waals surface area contributed by atoms with E-state index >= 15 is 0 Å². The van der Waals surface area contributed by atoms with Crippen molar-refractivity contribution in [1.82, 2.24) is 4.90 Å². The number of hydrogen-bond donors (Lipinski definition) is 1. The van der Waals surface area contributed by atoms with Gasteiger partial charge in [-0.3, -0.25) is 19.3 Å². The van der Waals surface area contributed by atoms with Crippen LogP contribution < -0.4 is 0 Å². The lowest BCUT2D eigenvalue weighted by atomic mass is 9.55. The van der Waals surface area contributed by atoms with Gasteiger partial charge in [-0.15, -0.1) is 0 Å². The highest BCUT2D eigenvalue weighted by molar-refractivity contribution is 6.76. The smallest absolute Gasteiger partial charge is 0.310 e. The molecule has 2 bridgehead atoms. The van der Waals surface area contributed by atoms with E-state index in [2.05, 4.69) is 24.5 Å². The SMILES string of the molecule is C[Si](C)(C)CCOC(=O)[C@@H]1C2CC(=O)[C@@H](c3cc(O)ccc32)[C@H]1C(=O)OCCN1CCCC1. The lowest BCUT2D eigenvalue weighted by Crippen LogP contribution is -2.51. The van der Waals surface area contributed by atoms with Crippen LogP contribution in [0.5, 0.6) is 5.75 Å². The Balaban J connectivity index is 1.56. The van der Waals surface area contributed by atoms with Crippen LogP contribution in [0.15, 0.2) is 18.2 Å². The van der Waals surface area contributed by atoms with Gasteiger partial charge in [0.15, 0.2) is 0 Å². The third-order valence-corrected chi connectivity index (χ3v) is 8.95. The van der Waals surface area contributed by atoms with Crippen molar-refractivity contribution in [2.24, 2.45) is 11.8 Å². The van der Waals surface area contributed by atoms with E-state index in [0.717, 1.165) is 37.5 Å². The molecule has 0 radical (unpaired) electrons. The van der Waals surface area contributed by atoms with Crippen LogP contribution in [-0.2, 0) is 23.9 Å². The Morgan fingerprint density at radius 1 is 1.03 bits per heavy atom. The summed E-state index contributed by atoms with van der Waals surface area (Å²) in [4.78, 5) is 41.8. The first-order valence-corrected chi connectivity index (χ1v) is 15.8. The van der Waals surface area contributed by atoms with Crippen molar-refractivity contribution in [3.05, 3.63) is 29.3 Å². The highest BCUT2D eigenvalue weighted by atomic mass is 28.3. The predicted octanol–water partition coefficient (Wildman–Crippen LogP) is 3.30. The number of hydrogen-bond acceptors (Lipinski definition) is 7. The van der Waals surface area contributed by atoms with Gasteiger partial charge in [-0.2, -0.15) is 0 Å². The standard InChI is InChI=1S/C25H35NO6Si/c1-33(2,3)13-12-32-24(29)22-19-15-20(28)21(18-14-16(27)6-7-17(18)19)23(22)25(30)31-11-10-26-8-4-5-9-26/h6-7,14,19,21-23,27H,4-5,8-13,15H2,1-3H3/t19?,21-,22-,23-/m1/s1. The van der Waals surface area contributed by atoms with E-state index in [0.29, 0.717) is 18.7 Å². The quantitative estimate of drug-likeness (QED) is 0.457. The molecule has 3 aliphatic carbocycles. The number of carbonyl (C=O) groups is 3. The van der Waals surface area contributed by atoms with Crippen LogP contribution in [0.1, 0.15) is 42.2 Å². The van der Waals surface area contributed by atoms with Gasteiger partial charge >= 0.3 is 11.9 Å². The van der Waals surface area contributed by atoms with Gasteiger partial charge in [0.05, 0.1) is 24.4 Å². The second-order valence-corrected chi connectivity index (χ2v) is 16.4. The maximum Gasteiger partial charge on any atom is 0.310 e. The lowest BCUT2D eigenvalue weighted by Gasteiger charge is -2.46. The normalized spacial score (nSPS) is 26.8. The average Bonchev–Trinajstić information content (AvgIpc) is 3.25. The van der Waals surface area contributed by atoms with Gasteiger partial charge in [-0.05, 0) is 55.2 Å². The number of esters is 2. The van der Waals surface area contributed by atoms with Crippen LogP contribution >= 0.6 is 0 Å². The molecule has 180 valence electrons. The maximum absolute atomic E-state index is 13.3. The second kappa shape index (κ2) is 9.58. The number of carbonyl (C=O) groups excluding carboxylic acids is 3. The summed E-state index contributed by atoms with van der Waals surface area (Å²) in [5, 5.41) is 10.0. The fourth-order valence-electron chi connectivity index (χ4n) is 5.49. The van der Waals surface area contributed by atoms with E-state index in [1.54, 1.807) is 18.2 Å². The number of aromatic hydroxyl groups is 1. The first kappa shape index (κ1) is 23.9. The monoisotopic (exact) mass is 473 g/mol. The highest BCUT2D eigenvalue weighted by Crippen LogP contribution is 2.55. The van der Waals surface area contributed by atoms with Gasteiger partial charge in [-0.25, -0.2) is 0 Å². The zero-order chi connectivity index (χ0) is 23.8. The zero-order valence-electron chi connectivity index (χ0n) is 19.8. The summed E-state index contributed by atoms with van der Waals surface area (Å²) in [5.41, 5.74) is 1.49. The molecule has 1 heterocycles. The summed E-state index contributed by atoms with van der Waals surface area (Å²) in [6.45, 7) is 9.87. The molecule has 2 fully saturated rings. The van der Waals surface area contributed by atoms with Crippen molar-refractivity contribution in [2.75, 3.05) is 32.8 Å². The topological polar surface area (TPSA) is 93.1 Å². The Morgan fingerprint density at radius 3 is 2.39 bits per heavy atom. The van der Waals surface area contributed by atoms with Crippen molar-refractivity contribution in [3.63, 3.8) is 0 Å². The van der Waals surface area contributed by atoms with E-state index in [1.807, 2.05) is 0 Å². The molecule has 1 unspecified atom stereocenters. The highest BCUT2D eigenvalue weighted by Gasteiger charge is 2.57. The molecule has 0 amide bonds. The van der Waals surface area contributed by atoms with Gasteiger partial charge < -0.3 is 14.6 Å². The number of rotatable bonds is 8. The van der Waals surface area contributed by atoms with Crippen LogP contribution in [-0.4, -0.2) is 68.7 Å². The molecule has 33 heavy (non-hydrogen) atoms. The average molecular weight is 474 g/mol. The number of ether oxygens (including phenoxy) is 2. The van der Waals surface area contributed by atoms with Gasteiger partial charge in [0.2, 0.25) is 0 Å². The van der Waals surface area contributed by atoms with Gasteiger partial charge in [-0.1, -0.05) is 25.7 Å². The fourth-order valence-corrected chi connectivity index (χ4v) is 6.21. The molecular weight excluding hydrogens is 438 g/mol. The van der Waals surface area contributed by atoms with E-state index in [1.165, 1.54) is 0 Å². The minimum Gasteiger partial charge on any atom is -0.508 e. The Hall–Kier alpha value is -2.19. The molecule has 1 aromatic rings. The Morgan fingerprint density at radius 2 is 1.70 bits per heavy atom. The summed E-state index contributed by atoms with van der Waals surface area (Å²) in [6.07, 6.45) is 2.51. The van der Waals surface area contributed by atoms with Gasteiger partial charge in [0.1, 0.15) is 18.1 Å². The van der Waals surface area contributed by atoms with Crippen LogP contribution in [0.3, 0.4) is 0 Å².